The number of aromatic nitrogens is 2. The van der Waals surface area contributed by atoms with Crippen molar-refractivity contribution < 1.29 is 14.3 Å². The molecule has 4 aromatic rings. The van der Waals surface area contributed by atoms with Crippen molar-refractivity contribution >= 4 is 33.1 Å². The van der Waals surface area contributed by atoms with Crippen LogP contribution in [0.25, 0.3) is 10.2 Å². The van der Waals surface area contributed by atoms with Crippen LogP contribution in [0.5, 0.6) is 11.5 Å². The van der Waals surface area contributed by atoms with Gasteiger partial charge in [-0.3, -0.25) is 18.7 Å². The van der Waals surface area contributed by atoms with E-state index in [1.165, 1.54) is 20.5 Å². The first-order chi connectivity index (χ1) is 16.5. The lowest BCUT2D eigenvalue weighted by Crippen LogP contribution is -2.45. The molecule has 0 saturated heterocycles. The third-order valence-electron chi connectivity index (χ3n) is 5.88. The van der Waals surface area contributed by atoms with Crippen LogP contribution in [0.4, 0.5) is 5.69 Å². The second-order valence-electron chi connectivity index (χ2n) is 8.11. The molecule has 0 spiro atoms. The first-order valence-corrected chi connectivity index (χ1v) is 11.7. The van der Waals surface area contributed by atoms with E-state index in [-0.39, 0.29) is 24.6 Å². The predicted octanol–water partition coefficient (Wildman–Crippen LogP) is 3.02. The van der Waals surface area contributed by atoms with Gasteiger partial charge in [0.25, 0.3) is 5.56 Å². The minimum absolute atomic E-state index is 0.0798. The Morgan fingerprint density at radius 2 is 1.97 bits per heavy atom. The number of nitrogens with zero attached hydrogens (tertiary/aromatic N) is 3. The highest BCUT2D eigenvalue weighted by atomic mass is 32.1. The quantitative estimate of drug-likeness (QED) is 0.441. The molecule has 0 aliphatic carbocycles. The standard InChI is InChI=1S/C25H23N3O5S/c1-16-6-7-21-20(12-16)26(9-10-33-21)22(29)15-27-19-8-11-34-23(19)24(30)28(25(27)31)14-17-4-3-5-18(13-17)32-2/h3-8,11-13H,9-10,14-15H2,1-2H3. The number of thiophene rings is 1. The van der Waals surface area contributed by atoms with E-state index >= 15 is 0 Å². The topological polar surface area (TPSA) is 82.8 Å². The molecule has 0 atom stereocenters. The summed E-state index contributed by atoms with van der Waals surface area (Å²) in [5, 5.41) is 1.76. The van der Waals surface area contributed by atoms with Crippen molar-refractivity contribution in [2.45, 2.75) is 20.0 Å². The molecule has 8 nitrogen and oxygen atoms in total. The fourth-order valence-electron chi connectivity index (χ4n) is 4.19. The highest BCUT2D eigenvalue weighted by molar-refractivity contribution is 7.17. The summed E-state index contributed by atoms with van der Waals surface area (Å²) >= 11 is 1.26. The van der Waals surface area contributed by atoms with Crippen molar-refractivity contribution in [3.8, 4) is 11.5 Å². The molecule has 0 bridgehead atoms. The van der Waals surface area contributed by atoms with Crippen LogP contribution in [0.3, 0.4) is 0 Å². The van der Waals surface area contributed by atoms with Crippen molar-refractivity contribution in [3.05, 3.63) is 85.9 Å². The zero-order valence-electron chi connectivity index (χ0n) is 18.8. The smallest absolute Gasteiger partial charge is 0.332 e. The Morgan fingerprint density at radius 3 is 2.79 bits per heavy atom. The van der Waals surface area contributed by atoms with Crippen molar-refractivity contribution in [2.24, 2.45) is 0 Å². The van der Waals surface area contributed by atoms with Gasteiger partial charge in [0.05, 0.1) is 31.4 Å². The summed E-state index contributed by atoms with van der Waals surface area (Å²) in [6, 6.07) is 14.6. The fraction of sp³-hybridized carbons (Fsp3) is 0.240. The number of carbonyl (C=O) groups is 1. The van der Waals surface area contributed by atoms with Crippen LogP contribution < -0.4 is 25.6 Å². The number of ether oxygens (including phenoxy) is 2. The fourth-order valence-corrected chi connectivity index (χ4v) is 5.03. The monoisotopic (exact) mass is 477 g/mol. The number of rotatable bonds is 5. The zero-order chi connectivity index (χ0) is 23.8. The molecule has 1 aliphatic rings. The third-order valence-corrected chi connectivity index (χ3v) is 6.78. The van der Waals surface area contributed by atoms with Gasteiger partial charge >= 0.3 is 5.69 Å². The summed E-state index contributed by atoms with van der Waals surface area (Å²) < 4.78 is 14.0. The van der Waals surface area contributed by atoms with Crippen LogP contribution in [0.2, 0.25) is 0 Å². The van der Waals surface area contributed by atoms with Crippen molar-refractivity contribution in [1.82, 2.24) is 9.13 Å². The van der Waals surface area contributed by atoms with Gasteiger partial charge in [-0.05, 0) is 53.8 Å². The number of carbonyl (C=O) groups excluding carboxylic acids is 1. The second kappa shape index (κ2) is 8.83. The van der Waals surface area contributed by atoms with Crippen molar-refractivity contribution in [1.29, 1.82) is 0 Å². The molecule has 0 saturated carbocycles. The summed E-state index contributed by atoms with van der Waals surface area (Å²) in [6.45, 7) is 2.61. The highest BCUT2D eigenvalue weighted by Crippen LogP contribution is 2.32. The van der Waals surface area contributed by atoms with Gasteiger partial charge in [-0.25, -0.2) is 4.79 Å². The van der Waals surface area contributed by atoms with Crippen LogP contribution in [0.1, 0.15) is 11.1 Å². The summed E-state index contributed by atoms with van der Waals surface area (Å²) in [4.78, 5) is 41.7. The van der Waals surface area contributed by atoms with Gasteiger partial charge in [0.2, 0.25) is 5.91 Å². The Balaban J connectivity index is 1.55. The average molecular weight is 478 g/mol. The van der Waals surface area contributed by atoms with E-state index in [0.29, 0.717) is 40.6 Å². The molecule has 1 aliphatic heterocycles. The Morgan fingerprint density at radius 1 is 1.12 bits per heavy atom. The molecular weight excluding hydrogens is 454 g/mol. The number of amides is 1. The summed E-state index contributed by atoms with van der Waals surface area (Å²) in [6.07, 6.45) is 0. The summed E-state index contributed by atoms with van der Waals surface area (Å²) in [7, 11) is 1.56. The molecule has 2 aromatic heterocycles. The van der Waals surface area contributed by atoms with Gasteiger partial charge in [-0.2, -0.15) is 0 Å². The highest BCUT2D eigenvalue weighted by Gasteiger charge is 2.25. The molecule has 0 N–H and O–H groups in total. The Kier molecular flexibility index (Phi) is 5.70. The molecule has 0 unspecified atom stereocenters. The maximum Gasteiger partial charge on any atom is 0.332 e. The number of hydrogen-bond acceptors (Lipinski definition) is 6. The molecule has 174 valence electrons. The molecule has 0 fully saturated rings. The van der Waals surface area contributed by atoms with Gasteiger partial charge in [-0.15, -0.1) is 11.3 Å². The number of fused-ring (bicyclic) bond motifs is 2. The van der Waals surface area contributed by atoms with E-state index < -0.39 is 5.69 Å². The zero-order valence-corrected chi connectivity index (χ0v) is 19.6. The van der Waals surface area contributed by atoms with Gasteiger partial charge in [0.1, 0.15) is 29.4 Å². The number of benzene rings is 2. The lowest BCUT2D eigenvalue weighted by atomic mass is 10.1. The maximum absolute atomic E-state index is 13.5. The third kappa shape index (κ3) is 3.88. The van der Waals surface area contributed by atoms with E-state index in [4.69, 9.17) is 9.47 Å². The molecule has 34 heavy (non-hydrogen) atoms. The van der Waals surface area contributed by atoms with Crippen molar-refractivity contribution in [3.63, 3.8) is 0 Å². The van der Waals surface area contributed by atoms with E-state index in [9.17, 15) is 14.4 Å². The van der Waals surface area contributed by atoms with Crippen molar-refractivity contribution in [2.75, 3.05) is 25.2 Å². The maximum atomic E-state index is 13.5. The van der Waals surface area contributed by atoms with Gasteiger partial charge in [-0.1, -0.05) is 18.2 Å². The van der Waals surface area contributed by atoms with Crippen LogP contribution in [-0.2, 0) is 17.9 Å². The minimum Gasteiger partial charge on any atom is -0.497 e. The first-order valence-electron chi connectivity index (χ1n) is 10.8. The lowest BCUT2D eigenvalue weighted by molar-refractivity contribution is -0.119. The van der Waals surface area contributed by atoms with Gasteiger partial charge in [0, 0.05) is 0 Å². The minimum atomic E-state index is -0.523. The molecular formula is C25H23N3O5S. The number of methoxy groups -OCH3 is 1. The summed E-state index contributed by atoms with van der Waals surface area (Å²) in [5.74, 6) is 1.04. The normalized spacial score (nSPS) is 12.9. The first kappa shape index (κ1) is 22.0. The summed E-state index contributed by atoms with van der Waals surface area (Å²) in [5.41, 5.74) is 2.03. The lowest BCUT2D eigenvalue weighted by Gasteiger charge is -2.30. The van der Waals surface area contributed by atoms with Crippen LogP contribution in [0, 0.1) is 6.92 Å². The van der Waals surface area contributed by atoms with E-state index in [2.05, 4.69) is 0 Å². The van der Waals surface area contributed by atoms with E-state index in [0.717, 1.165) is 11.1 Å². The number of aryl methyl sites for hydroxylation is 1. The van der Waals surface area contributed by atoms with Gasteiger partial charge < -0.3 is 14.4 Å². The molecule has 5 rings (SSSR count). The van der Waals surface area contributed by atoms with Crippen LogP contribution in [0.15, 0.2) is 63.5 Å². The predicted molar refractivity (Wildman–Crippen MR) is 131 cm³/mol. The molecule has 0 radical (unpaired) electrons. The Bertz CT molecular complexity index is 1520. The average Bonchev–Trinajstić information content (AvgIpc) is 3.34. The van der Waals surface area contributed by atoms with E-state index in [1.54, 1.807) is 35.6 Å². The molecule has 1 amide bonds. The Labute approximate surface area is 199 Å². The largest absolute Gasteiger partial charge is 0.497 e. The van der Waals surface area contributed by atoms with Crippen LogP contribution in [-0.4, -0.2) is 35.3 Å². The number of hydrogen-bond donors (Lipinski definition) is 0. The molecule has 9 heteroatoms. The van der Waals surface area contributed by atoms with Gasteiger partial charge in [0.15, 0.2) is 0 Å². The SMILES string of the molecule is COc1cccc(Cn2c(=O)c3sccc3n(CC(=O)N3CCOc4ccc(C)cc43)c2=O)c1. The van der Waals surface area contributed by atoms with Crippen LogP contribution >= 0.6 is 11.3 Å². The van der Waals surface area contributed by atoms with E-state index in [1.807, 2.05) is 37.3 Å². The molecule has 2 aromatic carbocycles. The Hall–Kier alpha value is -3.85. The molecule has 3 heterocycles. The second-order valence-corrected chi connectivity index (χ2v) is 9.03. The number of anilines is 1.